The first-order valence-corrected chi connectivity index (χ1v) is 8.72. The Hall–Kier alpha value is -2.25. The number of aromatic nitrogens is 4. The number of ether oxygens (including phenoxy) is 1. The average Bonchev–Trinajstić information content (AvgIpc) is 2.98. The Morgan fingerprint density at radius 2 is 2.04 bits per heavy atom. The highest BCUT2D eigenvalue weighted by atomic mass is 16.5. The molecule has 1 aliphatic heterocycles. The number of morpholine rings is 1. The van der Waals surface area contributed by atoms with Gasteiger partial charge in [0.15, 0.2) is 5.82 Å². The van der Waals surface area contributed by atoms with Crippen molar-refractivity contribution in [1.29, 1.82) is 0 Å². The molecule has 7 heteroatoms. The van der Waals surface area contributed by atoms with E-state index in [4.69, 9.17) is 4.74 Å². The summed E-state index contributed by atoms with van der Waals surface area (Å²) >= 11 is 0. The number of fused-ring (bicyclic) bond motifs is 3. The van der Waals surface area contributed by atoms with Gasteiger partial charge >= 0.3 is 0 Å². The maximum atomic E-state index is 12.7. The molecule has 4 rings (SSSR count). The molecule has 0 unspecified atom stereocenters. The first-order chi connectivity index (χ1) is 12.0. The van der Waals surface area contributed by atoms with Crippen LogP contribution in [0.2, 0.25) is 0 Å². The van der Waals surface area contributed by atoms with Crippen molar-refractivity contribution in [2.24, 2.45) is 0 Å². The van der Waals surface area contributed by atoms with Crippen molar-refractivity contribution in [1.82, 2.24) is 24.1 Å². The summed E-state index contributed by atoms with van der Waals surface area (Å²) in [6.45, 7) is 9.82. The van der Waals surface area contributed by atoms with E-state index in [1.807, 2.05) is 35.6 Å². The minimum Gasteiger partial charge on any atom is -0.373 e. The van der Waals surface area contributed by atoms with Gasteiger partial charge in [0.1, 0.15) is 0 Å². The van der Waals surface area contributed by atoms with Crippen LogP contribution in [-0.4, -0.2) is 49.4 Å². The summed E-state index contributed by atoms with van der Waals surface area (Å²) in [4.78, 5) is 15.0. The third kappa shape index (κ3) is 2.73. The Morgan fingerprint density at radius 1 is 1.24 bits per heavy atom. The Bertz CT molecular complexity index is 988. The van der Waals surface area contributed by atoms with Crippen molar-refractivity contribution in [3.05, 3.63) is 40.4 Å². The third-order valence-corrected chi connectivity index (χ3v) is 4.76. The highest BCUT2D eigenvalue weighted by molar-refractivity contribution is 5.80. The molecular weight excluding hydrogens is 318 g/mol. The summed E-state index contributed by atoms with van der Waals surface area (Å²) < 4.78 is 9.49. The van der Waals surface area contributed by atoms with Gasteiger partial charge in [-0.25, -0.2) is 0 Å². The van der Waals surface area contributed by atoms with Gasteiger partial charge in [-0.3, -0.25) is 18.7 Å². The van der Waals surface area contributed by atoms with E-state index in [0.29, 0.717) is 30.9 Å². The molecule has 0 amide bonds. The van der Waals surface area contributed by atoms with Crippen molar-refractivity contribution < 1.29 is 4.74 Å². The molecule has 1 aliphatic rings. The van der Waals surface area contributed by atoms with Crippen LogP contribution >= 0.6 is 0 Å². The lowest BCUT2D eigenvalue weighted by Gasteiger charge is -2.37. The molecule has 0 radical (unpaired) electrons. The number of para-hydroxylation sites is 1. The molecule has 0 atom stereocenters. The minimum atomic E-state index is -0.160. The number of nitrogens with zero attached hydrogens (tertiary/aromatic N) is 5. The molecule has 0 N–H and O–H groups in total. The van der Waals surface area contributed by atoms with Crippen LogP contribution in [0.15, 0.2) is 29.1 Å². The second-order valence-electron chi connectivity index (χ2n) is 7.14. The van der Waals surface area contributed by atoms with Crippen molar-refractivity contribution >= 4 is 16.7 Å². The van der Waals surface area contributed by atoms with Crippen LogP contribution in [0.3, 0.4) is 0 Å². The normalized spacial score (nSPS) is 18.2. The maximum absolute atomic E-state index is 12.7. The molecule has 132 valence electrons. The lowest BCUT2D eigenvalue weighted by atomic mass is 10.1. The van der Waals surface area contributed by atoms with Crippen LogP contribution in [0, 0.1) is 0 Å². The SMILES string of the molecule is CCn1c(=O)c2ccccc2n2c(CN3CCOC(C)(C)C3)nnc12. The number of hydrogen-bond acceptors (Lipinski definition) is 5. The molecule has 1 saturated heterocycles. The number of hydrogen-bond donors (Lipinski definition) is 0. The highest BCUT2D eigenvalue weighted by Gasteiger charge is 2.28. The zero-order chi connectivity index (χ0) is 17.6. The predicted molar refractivity (Wildman–Crippen MR) is 95.7 cm³/mol. The van der Waals surface area contributed by atoms with E-state index in [2.05, 4.69) is 28.9 Å². The monoisotopic (exact) mass is 341 g/mol. The Balaban J connectivity index is 1.86. The zero-order valence-corrected chi connectivity index (χ0v) is 14.9. The fourth-order valence-electron chi connectivity index (χ4n) is 3.65. The molecule has 3 aromatic rings. The summed E-state index contributed by atoms with van der Waals surface area (Å²) in [6.07, 6.45) is 0. The van der Waals surface area contributed by atoms with E-state index in [-0.39, 0.29) is 11.2 Å². The smallest absolute Gasteiger partial charge is 0.262 e. The predicted octanol–water partition coefficient (Wildman–Crippen LogP) is 1.67. The van der Waals surface area contributed by atoms with Crippen LogP contribution in [0.5, 0.6) is 0 Å². The van der Waals surface area contributed by atoms with E-state index in [0.717, 1.165) is 24.4 Å². The van der Waals surface area contributed by atoms with Gasteiger partial charge in [-0.15, -0.1) is 10.2 Å². The van der Waals surface area contributed by atoms with Crippen LogP contribution in [-0.2, 0) is 17.8 Å². The lowest BCUT2D eigenvalue weighted by molar-refractivity contribution is -0.0888. The minimum absolute atomic E-state index is 0.0166. The topological polar surface area (TPSA) is 64.7 Å². The Kier molecular flexibility index (Phi) is 3.85. The summed E-state index contributed by atoms with van der Waals surface area (Å²) in [5.41, 5.74) is 0.684. The molecule has 7 nitrogen and oxygen atoms in total. The van der Waals surface area contributed by atoms with Crippen molar-refractivity contribution in [3.8, 4) is 0 Å². The molecule has 2 aromatic heterocycles. The van der Waals surface area contributed by atoms with Crippen molar-refractivity contribution in [2.75, 3.05) is 19.7 Å². The number of benzene rings is 1. The second-order valence-corrected chi connectivity index (χ2v) is 7.14. The summed E-state index contributed by atoms with van der Waals surface area (Å²) in [5.74, 6) is 1.46. The van der Waals surface area contributed by atoms with Crippen LogP contribution in [0.1, 0.15) is 26.6 Å². The average molecular weight is 341 g/mol. The fourth-order valence-corrected chi connectivity index (χ4v) is 3.65. The van der Waals surface area contributed by atoms with Gasteiger partial charge in [0.05, 0.1) is 29.7 Å². The number of aryl methyl sites for hydroxylation is 1. The van der Waals surface area contributed by atoms with Gasteiger partial charge in [-0.1, -0.05) is 12.1 Å². The van der Waals surface area contributed by atoms with E-state index >= 15 is 0 Å². The van der Waals surface area contributed by atoms with E-state index in [1.54, 1.807) is 4.57 Å². The second kappa shape index (κ2) is 5.93. The molecule has 3 heterocycles. The summed E-state index contributed by atoms with van der Waals surface area (Å²) in [6, 6.07) is 7.66. The largest absolute Gasteiger partial charge is 0.373 e. The van der Waals surface area contributed by atoms with Gasteiger partial charge in [0.25, 0.3) is 5.56 Å². The van der Waals surface area contributed by atoms with Crippen molar-refractivity contribution in [2.45, 2.75) is 39.5 Å². The van der Waals surface area contributed by atoms with Crippen LogP contribution < -0.4 is 5.56 Å². The quantitative estimate of drug-likeness (QED) is 0.725. The Morgan fingerprint density at radius 3 is 2.80 bits per heavy atom. The zero-order valence-electron chi connectivity index (χ0n) is 14.9. The third-order valence-electron chi connectivity index (χ3n) is 4.76. The van der Waals surface area contributed by atoms with Gasteiger partial charge < -0.3 is 4.74 Å². The van der Waals surface area contributed by atoms with E-state index in [9.17, 15) is 4.79 Å². The van der Waals surface area contributed by atoms with Gasteiger partial charge in [-0.05, 0) is 32.9 Å². The molecular formula is C18H23N5O2. The molecule has 25 heavy (non-hydrogen) atoms. The molecule has 0 bridgehead atoms. The summed E-state index contributed by atoms with van der Waals surface area (Å²) in [7, 11) is 0. The number of rotatable bonds is 3. The van der Waals surface area contributed by atoms with Gasteiger partial charge in [-0.2, -0.15) is 0 Å². The van der Waals surface area contributed by atoms with E-state index in [1.165, 1.54) is 0 Å². The van der Waals surface area contributed by atoms with Crippen LogP contribution in [0.25, 0.3) is 16.7 Å². The van der Waals surface area contributed by atoms with E-state index < -0.39 is 0 Å². The Labute approximate surface area is 145 Å². The first-order valence-electron chi connectivity index (χ1n) is 8.72. The summed E-state index contributed by atoms with van der Waals surface area (Å²) in [5, 5.41) is 9.42. The molecule has 0 spiro atoms. The molecule has 0 saturated carbocycles. The van der Waals surface area contributed by atoms with Crippen LogP contribution in [0.4, 0.5) is 0 Å². The maximum Gasteiger partial charge on any atom is 0.262 e. The molecule has 0 aliphatic carbocycles. The first kappa shape index (κ1) is 16.2. The van der Waals surface area contributed by atoms with Gasteiger partial charge in [0, 0.05) is 19.6 Å². The molecule has 1 aromatic carbocycles. The lowest BCUT2D eigenvalue weighted by Crippen LogP contribution is -2.47. The molecule has 1 fully saturated rings. The standard InChI is InChI=1S/C18H23N5O2/c1-4-22-16(24)13-7-5-6-8-14(13)23-15(19-20-17(22)23)11-21-9-10-25-18(2,3)12-21/h5-8H,4,9-12H2,1-3H3. The highest BCUT2D eigenvalue weighted by Crippen LogP contribution is 2.20. The fraction of sp³-hybridized carbons (Fsp3) is 0.500. The van der Waals surface area contributed by atoms with Gasteiger partial charge in [0.2, 0.25) is 5.78 Å². The van der Waals surface area contributed by atoms with Crippen molar-refractivity contribution in [3.63, 3.8) is 0 Å².